The van der Waals surface area contributed by atoms with E-state index >= 15 is 0 Å². The molecule has 0 spiro atoms. The van der Waals surface area contributed by atoms with Gasteiger partial charge in [-0.05, 0) is 37.5 Å². The highest BCUT2D eigenvalue weighted by Gasteiger charge is 2.23. The van der Waals surface area contributed by atoms with Gasteiger partial charge >= 0.3 is 0 Å². The van der Waals surface area contributed by atoms with Gasteiger partial charge in [0.25, 0.3) is 0 Å². The monoisotopic (exact) mass is 242 g/mol. The van der Waals surface area contributed by atoms with Crippen LogP contribution in [0.3, 0.4) is 0 Å². The molecule has 3 nitrogen and oxygen atoms in total. The van der Waals surface area contributed by atoms with E-state index in [4.69, 9.17) is 10.5 Å². The van der Waals surface area contributed by atoms with Crippen LogP contribution in [0.25, 0.3) is 10.9 Å². The minimum absolute atomic E-state index is 0.143. The number of nitrogens with zero attached hydrogens (tertiary/aromatic N) is 1. The first-order chi connectivity index (χ1) is 8.84. The molecule has 0 saturated heterocycles. The quantitative estimate of drug-likeness (QED) is 0.880. The molecule has 1 aromatic heterocycles. The van der Waals surface area contributed by atoms with E-state index in [1.54, 1.807) is 6.20 Å². The van der Waals surface area contributed by atoms with Gasteiger partial charge in [0.2, 0.25) is 0 Å². The molecule has 1 heterocycles. The summed E-state index contributed by atoms with van der Waals surface area (Å²) in [7, 11) is 0. The smallest absolute Gasteiger partial charge is 0.130 e. The number of pyridine rings is 1. The molecule has 1 aromatic carbocycles. The van der Waals surface area contributed by atoms with Crippen LogP contribution in [0.5, 0.6) is 5.75 Å². The lowest BCUT2D eigenvalue weighted by Crippen LogP contribution is -2.41. The van der Waals surface area contributed by atoms with Gasteiger partial charge in [-0.2, -0.15) is 0 Å². The summed E-state index contributed by atoms with van der Waals surface area (Å²) in [6, 6.07) is 10.1. The number of ether oxygens (including phenoxy) is 1. The maximum absolute atomic E-state index is 6.13. The third-order valence-electron chi connectivity index (χ3n) is 3.64. The zero-order valence-corrected chi connectivity index (χ0v) is 10.4. The van der Waals surface area contributed by atoms with Crippen molar-refractivity contribution in [1.29, 1.82) is 0 Å². The predicted octanol–water partition coefficient (Wildman–Crippen LogP) is 2.88. The van der Waals surface area contributed by atoms with Gasteiger partial charge in [-0.15, -0.1) is 0 Å². The van der Waals surface area contributed by atoms with Crippen molar-refractivity contribution in [3.05, 3.63) is 36.5 Å². The van der Waals surface area contributed by atoms with Crippen molar-refractivity contribution in [1.82, 2.24) is 4.98 Å². The molecule has 0 radical (unpaired) electrons. The van der Waals surface area contributed by atoms with E-state index in [9.17, 15) is 0 Å². The van der Waals surface area contributed by atoms with E-state index in [-0.39, 0.29) is 12.1 Å². The van der Waals surface area contributed by atoms with Gasteiger partial charge in [-0.1, -0.05) is 18.6 Å². The fourth-order valence-electron chi connectivity index (χ4n) is 2.61. The van der Waals surface area contributed by atoms with E-state index in [1.807, 2.05) is 30.3 Å². The van der Waals surface area contributed by atoms with Crippen molar-refractivity contribution in [3.63, 3.8) is 0 Å². The first kappa shape index (κ1) is 11.5. The average molecular weight is 242 g/mol. The Hall–Kier alpha value is -1.61. The van der Waals surface area contributed by atoms with Crippen molar-refractivity contribution < 1.29 is 4.74 Å². The second-order valence-corrected chi connectivity index (χ2v) is 4.93. The van der Waals surface area contributed by atoms with E-state index in [1.165, 1.54) is 12.8 Å². The Morgan fingerprint density at radius 3 is 2.83 bits per heavy atom. The first-order valence-electron chi connectivity index (χ1n) is 6.60. The summed E-state index contributed by atoms with van der Waals surface area (Å²) in [4.78, 5) is 4.34. The summed E-state index contributed by atoms with van der Waals surface area (Å²) >= 11 is 0. The van der Waals surface area contributed by atoms with Crippen molar-refractivity contribution in [3.8, 4) is 5.75 Å². The molecular formula is C15H18N2O. The second-order valence-electron chi connectivity index (χ2n) is 4.93. The SMILES string of the molecule is NC1CCCCC1Oc1ccnc2ccccc12. The highest BCUT2D eigenvalue weighted by atomic mass is 16.5. The Morgan fingerprint density at radius 2 is 1.94 bits per heavy atom. The summed E-state index contributed by atoms with van der Waals surface area (Å²) in [5, 5.41) is 1.07. The largest absolute Gasteiger partial charge is 0.488 e. The van der Waals surface area contributed by atoms with Crippen LogP contribution >= 0.6 is 0 Å². The molecule has 18 heavy (non-hydrogen) atoms. The molecule has 3 rings (SSSR count). The Labute approximate surface area is 107 Å². The molecule has 1 aliphatic carbocycles. The topological polar surface area (TPSA) is 48.1 Å². The summed E-state index contributed by atoms with van der Waals surface area (Å²) in [6.07, 6.45) is 6.49. The molecule has 1 aliphatic rings. The van der Waals surface area contributed by atoms with Crippen LogP contribution < -0.4 is 10.5 Å². The predicted molar refractivity (Wildman–Crippen MR) is 72.6 cm³/mol. The number of fused-ring (bicyclic) bond motifs is 1. The van der Waals surface area contributed by atoms with Crippen LogP contribution in [0.4, 0.5) is 0 Å². The zero-order valence-electron chi connectivity index (χ0n) is 10.4. The lowest BCUT2D eigenvalue weighted by molar-refractivity contribution is 0.134. The summed E-state index contributed by atoms with van der Waals surface area (Å²) < 4.78 is 6.12. The Balaban J connectivity index is 1.90. The van der Waals surface area contributed by atoms with Crippen LogP contribution in [0.2, 0.25) is 0 Å². The fourth-order valence-corrected chi connectivity index (χ4v) is 2.61. The van der Waals surface area contributed by atoms with Gasteiger partial charge in [0.15, 0.2) is 0 Å². The molecule has 94 valence electrons. The molecule has 0 aliphatic heterocycles. The van der Waals surface area contributed by atoms with E-state index < -0.39 is 0 Å². The molecule has 1 fully saturated rings. The molecule has 2 aromatic rings. The molecular weight excluding hydrogens is 224 g/mol. The standard InChI is InChI=1S/C15H18N2O/c16-12-6-2-4-8-15(12)18-14-9-10-17-13-7-3-1-5-11(13)14/h1,3,5,7,9-10,12,15H,2,4,6,8,16H2. The van der Waals surface area contributed by atoms with Gasteiger partial charge in [0.1, 0.15) is 11.9 Å². The fraction of sp³-hybridized carbons (Fsp3) is 0.400. The van der Waals surface area contributed by atoms with Gasteiger partial charge in [0.05, 0.1) is 5.52 Å². The number of rotatable bonds is 2. The van der Waals surface area contributed by atoms with E-state index in [0.29, 0.717) is 0 Å². The molecule has 3 heteroatoms. The molecule has 2 N–H and O–H groups in total. The normalized spacial score (nSPS) is 24.1. The van der Waals surface area contributed by atoms with Crippen molar-refractivity contribution in [2.45, 2.75) is 37.8 Å². The number of benzene rings is 1. The van der Waals surface area contributed by atoms with E-state index in [0.717, 1.165) is 29.5 Å². The molecule has 2 unspecified atom stereocenters. The van der Waals surface area contributed by atoms with Crippen LogP contribution in [-0.2, 0) is 0 Å². The van der Waals surface area contributed by atoms with Crippen LogP contribution in [-0.4, -0.2) is 17.1 Å². The zero-order chi connectivity index (χ0) is 12.4. The number of hydrogen-bond donors (Lipinski definition) is 1. The van der Waals surface area contributed by atoms with Crippen LogP contribution in [0, 0.1) is 0 Å². The van der Waals surface area contributed by atoms with Crippen molar-refractivity contribution in [2.24, 2.45) is 5.73 Å². The van der Waals surface area contributed by atoms with Crippen molar-refractivity contribution in [2.75, 3.05) is 0 Å². The highest BCUT2D eigenvalue weighted by Crippen LogP contribution is 2.28. The third kappa shape index (κ3) is 2.18. The van der Waals surface area contributed by atoms with Gasteiger partial charge < -0.3 is 10.5 Å². The number of hydrogen-bond acceptors (Lipinski definition) is 3. The van der Waals surface area contributed by atoms with Crippen molar-refractivity contribution >= 4 is 10.9 Å². The highest BCUT2D eigenvalue weighted by molar-refractivity contribution is 5.84. The minimum Gasteiger partial charge on any atom is -0.488 e. The van der Waals surface area contributed by atoms with E-state index in [2.05, 4.69) is 4.98 Å². The summed E-state index contributed by atoms with van der Waals surface area (Å²) in [5.41, 5.74) is 7.10. The van der Waals surface area contributed by atoms with Gasteiger partial charge in [-0.3, -0.25) is 4.98 Å². The average Bonchev–Trinajstić information content (AvgIpc) is 2.42. The maximum atomic E-state index is 6.13. The molecule has 2 atom stereocenters. The number of aromatic nitrogens is 1. The first-order valence-corrected chi connectivity index (χ1v) is 6.60. The second kappa shape index (κ2) is 4.94. The Morgan fingerprint density at radius 1 is 1.11 bits per heavy atom. The Bertz CT molecular complexity index is 536. The van der Waals surface area contributed by atoms with Crippen LogP contribution in [0.15, 0.2) is 36.5 Å². The third-order valence-corrected chi connectivity index (χ3v) is 3.64. The van der Waals surface area contributed by atoms with Crippen LogP contribution in [0.1, 0.15) is 25.7 Å². The summed E-state index contributed by atoms with van der Waals surface area (Å²) in [5.74, 6) is 0.906. The van der Waals surface area contributed by atoms with Gasteiger partial charge in [0, 0.05) is 17.6 Å². The number of para-hydroxylation sites is 1. The van der Waals surface area contributed by atoms with Gasteiger partial charge in [-0.25, -0.2) is 0 Å². The minimum atomic E-state index is 0.143. The molecule has 0 amide bonds. The molecule has 1 saturated carbocycles. The molecule has 0 bridgehead atoms. The lowest BCUT2D eigenvalue weighted by atomic mass is 9.93. The Kier molecular flexibility index (Phi) is 3.15. The number of nitrogens with two attached hydrogens (primary N) is 1. The lowest BCUT2D eigenvalue weighted by Gasteiger charge is -2.29. The maximum Gasteiger partial charge on any atom is 0.130 e. The summed E-state index contributed by atoms with van der Waals surface area (Å²) in [6.45, 7) is 0.